The van der Waals surface area contributed by atoms with Crippen LogP contribution in [0.4, 0.5) is 5.69 Å². The van der Waals surface area contributed by atoms with Gasteiger partial charge in [0.05, 0.1) is 15.2 Å². The highest BCUT2D eigenvalue weighted by Crippen LogP contribution is 2.37. The van der Waals surface area contributed by atoms with E-state index in [2.05, 4.69) is 15.9 Å². The van der Waals surface area contributed by atoms with Crippen molar-refractivity contribution in [1.82, 2.24) is 0 Å². The van der Waals surface area contributed by atoms with Gasteiger partial charge in [-0.2, -0.15) is 0 Å². The molecule has 1 aliphatic carbocycles. The van der Waals surface area contributed by atoms with Gasteiger partial charge in [0.1, 0.15) is 0 Å². The molecule has 1 aliphatic rings. The maximum Gasteiger partial charge on any atom is 0.164 e. The van der Waals surface area contributed by atoms with Gasteiger partial charge in [0.15, 0.2) is 5.78 Å². The van der Waals surface area contributed by atoms with E-state index in [-0.39, 0.29) is 5.78 Å². The van der Waals surface area contributed by atoms with E-state index in [4.69, 9.17) is 17.3 Å². The average Bonchev–Trinajstić information content (AvgIpc) is 2.14. The van der Waals surface area contributed by atoms with E-state index in [1.165, 1.54) is 0 Å². The standard InChI is InChI=1S/C10H9BrClNO/c11-9-8-5(2-1-3-7(8)14)4-6(12)10(9)13/h4H,1-3,13H2. The number of benzene rings is 1. The van der Waals surface area contributed by atoms with Crippen LogP contribution >= 0.6 is 27.5 Å². The first-order chi connectivity index (χ1) is 6.61. The summed E-state index contributed by atoms with van der Waals surface area (Å²) in [5.41, 5.74) is 7.92. The van der Waals surface area contributed by atoms with Gasteiger partial charge >= 0.3 is 0 Å². The highest BCUT2D eigenvalue weighted by Gasteiger charge is 2.22. The summed E-state index contributed by atoms with van der Waals surface area (Å²) in [6.45, 7) is 0. The first kappa shape index (κ1) is 9.99. The van der Waals surface area contributed by atoms with E-state index in [9.17, 15) is 4.79 Å². The van der Waals surface area contributed by atoms with Gasteiger partial charge in [-0.1, -0.05) is 11.6 Å². The fourth-order valence-corrected chi connectivity index (χ4v) is 2.78. The molecule has 0 amide bonds. The second-order valence-electron chi connectivity index (χ2n) is 3.40. The van der Waals surface area contributed by atoms with Crippen LogP contribution in [0, 0.1) is 0 Å². The Morgan fingerprint density at radius 1 is 1.43 bits per heavy atom. The predicted molar refractivity (Wildman–Crippen MR) is 60.8 cm³/mol. The van der Waals surface area contributed by atoms with E-state index in [1.807, 2.05) is 0 Å². The monoisotopic (exact) mass is 273 g/mol. The smallest absolute Gasteiger partial charge is 0.164 e. The molecule has 2 rings (SSSR count). The number of carbonyl (C=O) groups is 1. The zero-order valence-electron chi connectivity index (χ0n) is 7.44. The van der Waals surface area contributed by atoms with Crippen molar-refractivity contribution in [3.05, 3.63) is 26.7 Å². The van der Waals surface area contributed by atoms with Crippen molar-refractivity contribution in [2.75, 3.05) is 5.73 Å². The highest BCUT2D eigenvalue weighted by molar-refractivity contribution is 9.10. The Balaban J connectivity index is 2.70. The normalized spacial score (nSPS) is 15.4. The molecule has 0 atom stereocenters. The van der Waals surface area contributed by atoms with Crippen LogP contribution in [0.3, 0.4) is 0 Å². The van der Waals surface area contributed by atoms with Crippen molar-refractivity contribution in [2.45, 2.75) is 19.3 Å². The van der Waals surface area contributed by atoms with Gasteiger partial charge in [-0.25, -0.2) is 0 Å². The quantitative estimate of drug-likeness (QED) is 0.738. The first-order valence-electron chi connectivity index (χ1n) is 4.41. The number of fused-ring (bicyclic) bond motifs is 1. The number of nitrogens with two attached hydrogens (primary N) is 1. The van der Waals surface area contributed by atoms with Crippen molar-refractivity contribution >= 4 is 39.0 Å². The van der Waals surface area contributed by atoms with Crippen molar-refractivity contribution in [3.63, 3.8) is 0 Å². The molecule has 0 radical (unpaired) electrons. The number of halogens is 2. The molecule has 0 unspecified atom stereocenters. The predicted octanol–water partition coefficient (Wildman–Crippen LogP) is 3.20. The lowest BCUT2D eigenvalue weighted by Crippen LogP contribution is -2.12. The van der Waals surface area contributed by atoms with Crippen LogP contribution in [0.5, 0.6) is 0 Å². The Labute approximate surface area is 95.6 Å². The van der Waals surface area contributed by atoms with E-state index >= 15 is 0 Å². The van der Waals surface area contributed by atoms with E-state index in [0.29, 0.717) is 21.6 Å². The number of nitrogen functional groups attached to an aromatic ring is 1. The maximum absolute atomic E-state index is 11.6. The Kier molecular flexibility index (Phi) is 2.54. The zero-order valence-corrected chi connectivity index (χ0v) is 9.78. The van der Waals surface area contributed by atoms with Crippen LogP contribution < -0.4 is 5.73 Å². The summed E-state index contributed by atoms with van der Waals surface area (Å²) in [5.74, 6) is 0.154. The molecule has 2 N–H and O–H groups in total. The van der Waals surface area contributed by atoms with Crippen LogP contribution in [0.2, 0.25) is 5.02 Å². The lowest BCUT2D eigenvalue weighted by atomic mass is 9.90. The second-order valence-corrected chi connectivity index (χ2v) is 4.60. The summed E-state index contributed by atoms with van der Waals surface area (Å²) in [7, 11) is 0. The molecule has 0 spiro atoms. The van der Waals surface area contributed by atoms with Gasteiger partial charge in [-0.15, -0.1) is 0 Å². The molecular formula is C10H9BrClNO. The highest BCUT2D eigenvalue weighted by atomic mass is 79.9. The Morgan fingerprint density at radius 3 is 2.86 bits per heavy atom. The summed E-state index contributed by atoms with van der Waals surface area (Å²) < 4.78 is 0.657. The number of rotatable bonds is 0. The number of anilines is 1. The number of hydrogen-bond donors (Lipinski definition) is 1. The maximum atomic E-state index is 11.6. The third-order valence-corrected chi connectivity index (χ3v) is 3.60. The Morgan fingerprint density at radius 2 is 2.14 bits per heavy atom. The minimum Gasteiger partial charge on any atom is -0.397 e. The van der Waals surface area contributed by atoms with Gasteiger partial charge in [-0.05, 0) is 40.4 Å². The van der Waals surface area contributed by atoms with Crippen LogP contribution in [0.1, 0.15) is 28.8 Å². The molecule has 0 saturated heterocycles. The number of hydrogen-bond acceptors (Lipinski definition) is 2. The third-order valence-electron chi connectivity index (χ3n) is 2.46. The first-order valence-corrected chi connectivity index (χ1v) is 5.58. The van der Waals surface area contributed by atoms with Gasteiger partial charge in [0, 0.05) is 12.0 Å². The lowest BCUT2D eigenvalue weighted by molar-refractivity contribution is 0.0972. The Hall–Kier alpha value is -0.540. The molecule has 1 aromatic rings. The van der Waals surface area contributed by atoms with Crippen LogP contribution in [-0.2, 0) is 6.42 Å². The van der Waals surface area contributed by atoms with Gasteiger partial charge in [-0.3, -0.25) is 4.79 Å². The number of carbonyl (C=O) groups excluding carboxylic acids is 1. The number of Topliss-reactive ketones (excluding diaryl/α,β-unsaturated/α-hetero) is 1. The van der Waals surface area contributed by atoms with Crippen molar-refractivity contribution < 1.29 is 4.79 Å². The lowest BCUT2D eigenvalue weighted by Gasteiger charge is -2.18. The second kappa shape index (κ2) is 3.55. The summed E-state index contributed by atoms with van der Waals surface area (Å²) in [6.07, 6.45) is 2.41. The topological polar surface area (TPSA) is 43.1 Å². The zero-order chi connectivity index (χ0) is 10.3. The molecule has 0 fully saturated rings. The fourth-order valence-electron chi connectivity index (χ4n) is 1.75. The van der Waals surface area contributed by atoms with Gasteiger partial charge in [0.25, 0.3) is 0 Å². The molecule has 0 saturated carbocycles. The molecule has 1 aromatic carbocycles. The van der Waals surface area contributed by atoms with E-state index in [0.717, 1.165) is 24.0 Å². The largest absolute Gasteiger partial charge is 0.397 e. The Bertz CT molecular complexity index is 417. The SMILES string of the molecule is Nc1c(Cl)cc2c(c1Br)C(=O)CCC2. The molecule has 0 heterocycles. The van der Waals surface area contributed by atoms with E-state index < -0.39 is 0 Å². The van der Waals surface area contributed by atoms with Crippen LogP contribution in [0.25, 0.3) is 0 Å². The van der Waals surface area contributed by atoms with Crippen LogP contribution in [0.15, 0.2) is 10.5 Å². The fraction of sp³-hybridized carbons (Fsp3) is 0.300. The minimum atomic E-state index is 0.154. The van der Waals surface area contributed by atoms with Gasteiger partial charge < -0.3 is 5.73 Å². The summed E-state index contributed by atoms with van der Waals surface area (Å²) in [4.78, 5) is 11.6. The molecule has 2 nitrogen and oxygen atoms in total. The third kappa shape index (κ3) is 1.44. The molecule has 4 heteroatoms. The molecule has 74 valence electrons. The summed E-state index contributed by atoms with van der Waals surface area (Å²) >= 11 is 9.26. The van der Waals surface area contributed by atoms with Crippen LogP contribution in [-0.4, -0.2) is 5.78 Å². The molecular weight excluding hydrogens is 265 g/mol. The number of aryl methyl sites for hydroxylation is 1. The number of ketones is 1. The minimum absolute atomic E-state index is 0.154. The molecule has 0 aromatic heterocycles. The van der Waals surface area contributed by atoms with Gasteiger partial charge in [0.2, 0.25) is 0 Å². The van der Waals surface area contributed by atoms with Crippen molar-refractivity contribution in [2.24, 2.45) is 0 Å². The summed E-state index contributed by atoms with van der Waals surface area (Å²) in [5, 5.41) is 0.519. The molecule has 0 aliphatic heterocycles. The molecule has 14 heavy (non-hydrogen) atoms. The van der Waals surface area contributed by atoms with Crippen molar-refractivity contribution in [3.8, 4) is 0 Å². The molecule has 0 bridgehead atoms. The average molecular weight is 275 g/mol. The van der Waals surface area contributed by atoms with Crippen molar-refractivity contribution in [1.29, 1.82) is 0 Å². The van der Waals surface area contributed by atoms with E-state index in [1.54, 1.807) is 6.07 Å². The summed E-state index contributed by atoms with van der Waals surface area (Å²) in [6, 6.07) is 1.80.